The zero-order valence-electron chi connectivity index (χ0n) is 27.0. The Hall–Kier alpha value is -1.58. The number of hydrogen-bond donors (Lipinski definition) is 1. The molecule has 1 N–H and O–H groups in total. The van der Waals surface area contributed by atoms with Gasteiger partial charge in [-0.05, 0) is 84.4 Å². The quantitative estimate of drug-likeness (QED) is 0.386. The molecule has 2 rings (SSSR count). The van der Waals surface area contributed by atoms with Crippen LogP contribution in [0.2, 0.25) is 0 Å². The standard InChI is InChI=1S/C33H57NO7/c1-10-25-18-21(3)12-14-28(35)23(5)19-26(16-17-38-9)32(22(4)13-15-30(36)40-29(25)11-2)41-33-31(37)27(34(7)8)20-24(6)39-33/h12,14,18,22-27,29,31-33,37H,10-11,13,15-17,19-20H2,1-9H3/b14-12+,21-18+/t22-,23+,24?,25?,26-,27?,29+,31?,32+,33?/m0/s1. The van der Waals surface area contributed by atoms with Gasteiger partial charge in [0.05, 0.1) is 12.2 Å². The van der Waals surface area contributed by atoms with Crippen LogP contribution in [-0.4, -0.2) is 86.3 Å². The highest BCUT2D eigenvalue weighted by molar-refractivity contribution is 5.91. The number of nitrogens with zero attached hydrogens (tertiary/aromatic N) is 1. The Balaban J connectivity index is 2.45. The zero-order valence-corrected chi connectivity index (χ0v) is 27.0. The molecule has 8 nitrogen and oxygen atoms in total. The molecule has 0 saturated carbocycles. The van der Waals surface area contributed by atoms with Gasteiger partial charge in [0.15, 0.2) is 12.1 Å². The number of carbonyl (C=O) groups excluding carboxylic acids is 2. The van der Waals surface area contributed by atoms with Crippen LogP contribution >= 0.6 is 0 Å². The van der Waals surface area contributed by atoms with Gasteiger partial charge in [0.1, 0.15) is 12.2 Å². The molecule has 1 saturated heterocycles. The van der Waals surface area contributed by atoms with Gasteiger partial charge in [0, 0.05) is 38.0 Å². The summed E-state index contributed by atoms with van der Waals surface area (Å²) in [5.41, 5.74) is 0.984. The number of aliphatic hydroxyl groups excluding tert-OH is 1. The van der Waals surface area contributed by atoms with E-state index in [0.29, 0.717) is 32.3 Å². The fourth-order valence-electron chi connectivity index (χ4n) is 6.25. The van der Waals surface area contributed by atoms with E-state index in [0.717, 1.165) is 18.4 Å². The lowest BCUT2D eigenvalue weighted by Crippen LogP contribution is -2.55. The number of methoxy groups -OCH3 is 1. The van der Waals surface area contributed by atoms with Gasteiger partial charge in [-0.3, -0.25) is 9.59 Å². The number of esters is 1. The molecule has 10 atom stereocenters. The predicted molar refractivity (Wildman–Crippen MR) is 161 cm³/mol. The number of carbonyl (C=O) groups is 2. The van der Waals surface area contributed by atoms with Crippen molar-refractivity contribution in [1.29, 1.82) is 0 Å². The van der Waals surface area contributed by atoms with Gasteiger partial charge < -0.3 is 29.0 Å². The van der Waals surface area contributed by atoms with Crippen LogP contribution in [0.1, 0.15) is 86.5 Å². The Morgan fingerprint density at radius 2 is 1.78 bits per heavy atom. The molecule has 0 radical (unpaired) electrons. The lowest BCUT2D eigenvalue weighted by Gasteiger charge is -2.44. The minimum Gasteiger partial charge on any atom is -0.462 e. The molecule has 2 aliphatic rings. The molecule has 2 aliphatic heterocycles. The zero-order chi connectivity index (χ0) is 30.7. The third-order valence-electron chi connectivity index (χ3n) is 8.85. The largest absolute Gasteiger partial charge is 0.462 e. The van der Waals surface area contributed by atoms with E-state index in [4.69, 9.17) is 18.9 Å². The number of ketones is 1. The minimum atomic E-state index is -0.824. The minimum absolute atomic E-state index is 0.0448. The van der Waals surface area contributed by atoms with E-state index < -0.39 is 12.4 Å². The van der Waals surface area contributed by atoms with Gasteiger partial charge in [0.25, 0.3) is 0 Å². The topological polar surface area (TPSA) is 94.5 Å². The SMILES string of the molecule is CCC1/C=C(C)/C=C/C(=O)[C@H](C)C[C@H](CCOC)[C@H](OC2OC(C)CC(N(C)C)C2O)[C@@H](C)CCC(=O)O[C@@H]1CC. The van der Waals surface area contributed by atoms with Crippen molar-refractivity contribution in [3.05, 3.63) is 23.8 Å². The van der Waals surface area contributed by atoms with E-state index in [2.05, 4.69) is 19.9 Å². The number of allylic oxidation sites excluding steroid dienone is 3. The summed E-state index contributed by atoms with van der Waals surface area (Å²) in [6, 6.07) is -0.0999. The first-order valence-corrected chi connectivity index (χ1v) is 15.7. The number of rotatable bonds is 8. The third-order valence-corrected chi connectivity index (χ3v) is 8.85. The molecule has 2 heterocycles. The van der Waals surface area contributed by atoms with Gasteiger partial charge in [-0.1, -0.05) is 45.4 Å². The van der Waals surface area contributed by atoms with E-state index in [1.165, 1.54) is 0 Å². The van der Waals surface area contributed by atoms with Crippen molar-refractivity contribution < 1.29 is 33.6 Å². The second kappa shape index (κ2) is 17.5. The average Bonchev–Trinajstić information content (AvgIpc) is 2.93. The first kappa shape index (κ1) is 35.6. The summed E-state index contributed by atoms with van der Waals surface area (Å²) in [4.78, 5) is 28.3. The van der Waals surface area contributed by atoms with Crippen LogP contribution in [0.4, 0.5) is 0 Å². The van der Waals surface area contributed by atoms with E-state index >= 15 is 0 Å². The third kappa shape index (κ3) is 10.9. The van der Waals surface area contributed by atoms with Crippen LogP contribution in [0.15, 0.2) is 23.8 Å². The van der Waals surface area contributed by atoms with Crippen molar-refractivity contribution in [2.75, 3.05) is 27.8 Å². The summed E-state index contributed by atoms with van der Waals surface area (Å²) >= 11 is 0. The molecule has 5 unspecified atom stereocenters. The summed E-state index contributed by atoms with van der Waals surface area (Å²) in [7, 11) is 5.58. The van der Waals surface area contributed by atoms with E-state index in [-0.39, 0.29) is 66.2 Å². The first-order valence-electron chi connectivity index (χ1n) is 15.7. The highest BCUT2D eigenvalue weighted by atomic mass is 16.7. The van der Waals surface area contributed by atoms with Crippen LogP contribution in [0, 0.1) is 23.7 Å². The Bertz CT molecular complexity index is 872. The molecule has 1 fully saturated rings. The molecule has 0 aromatic heterocycles. The second-order valence-electron chi connectivity index (χ2n) is 12.5. The Morgan fingerprint density at radius 1 is 1.07 bits per heavy atom. The molecule has 0 aliphatic carbocycles. The fraction of sp³-hybridized carbons (Fsp3) is 0.818. The number of ether oxygens (including phenoxy) is 4. The normalized spacial score (nSPS) is 38.8. The predicted octanol–water partition coefficient (Wildman–Crippen LogP) is 5.33. The fourth-order valence-corrected chi connectivity index (χ4v) is 6.25. The molecule has 0 spiro atoms. The lowest BCUT2D eigenvalue weighted by atomic mass is 9.80. The summed E-state index contributed by atoms with van der Waals surface area (Å²) in [6.07, 6.45) is 7.75. The second-order valence-corrected chi connectivity index (χ2v) is 12.5. The average molecular weight is 580 g/mol. The highest BCUT2D eigenvalue weighted by Crippen LogP contribution is 2.34. The van der Waals surface area contributed by atoms with Gasteiger partial charge in [-0.2, -0.15) is 0 Å². The van der Waals surface area contributed by atoms with Gasteiger partial charge in [0.2, 0.25) is 0 Å². The van der Waals surface area contributed by atoms with Crippen LogP contribution in [0.5, 0.6) is 0 Å². The highest BCUT2D eigenvalue weighted by Gasteiger charge is 2.41. The summed E-state index contributed by atoms with van der Waals surface area (Å²) in [5, 5.41) is 11.2. The molecule has 41 heavy (non-hydrogen) atoms. The van der Waals surface area contributed by atoms with Crippen LogP contribution in [-0.2, 0) is 28.5 Å². The first-order chi connectivity index (χ1) is 19.4. The van der Waals surface area contributed by atoms with E-state index in [1.54, 1.807) is 13.2 Å². The van der Waals surface area contributed by atoms with Crippen molar-refractivity contribution >= 4 is 11.8 Å². The molecule has 0 aromatic rings. The van der Waals surface area contributed by atoms with Crippen molar-refractivity contribution in [3.8, 4) is 0 Å². The van der Waals surface area contributed by atoms with Crippen LogP contribution < -0.4 is 0 Å². The number of hydrogen-bond acceptors (Lipinski definition) is 8. The number of aliphatic hydroxyl groups is 1. The Labute approximate surface area is 248 Å². The lowest BCUT2D eigenvalue weighted by molar-refractivity contribution is -0.280. The van der Waals surface area contributed by atoms with Gasteiger partial charge in [-0.15, -0.1) is 0 Å². The van der Waals surface area contributed by atoms with Gasteiger partial charge >= 0.3 is 5.97 Å². The Morgan fingerprint density at radius 3 is 2.39 bits per heavy atom. The molecule has 8 heteroatoms. The van der Waals surface area contributed by atoms with Crippen molar-refractivity contribution in [2.45, 2.75) is 123 Å². The van der Waals surface area contributed by atoms with Gasteiger partial charge in [-0.25, -0.2) is 0 Å². The monoisotopic (exact) mass is 579 g/mol. The number of cyclic esters (lactones) is 1. The molecular formula is C33H57NO7. The maximum atomic E-state index is 13.3. The van der Waals surface area contributed by atoms with E-state index in [9.17, 15) is 14.7 Å². The number of likely N-dealkylation sites (N-methyl/N-ethyl adjacent to an activating group) is 1. The molecule has 236 valence electrons. The summed E-state index contributed by atoms with van der Waals surface area (Å²) in [5.74, 6) is -0.380. The van der Waals surface area contributed by atoms with Crippen molar-refractivity contribution in [2.24, 2.45) is 23.7 Å². The van der Waals surface area contributed by atoms with E-state index in [1.807, 2.05) is 52.8 Å². The molecule has 0 aromatic carbocycles. The summed E-state index contributed by atoms with van der Waals surface area (Å²) < 4.78 is 24.3. The summed E-state index contributed by atoms with van der Waals surface area (Å²) in [6.45, 7) is 12.7. The Kier molecular flexibility index (Phi) is 15.2. The van der Waals surface area contributed by atoms with Crippen LogP contribution in [0.25, 0.3) is 0 Å². The molecule has 0 amide bonds. The van der Waals surface area contributed by atoms with Crippen molar-refractivity contribution in [1.82, 2.24) is 4.90 Å². The molecule has 0 bridgehead atoms. The smallest absolute Gasteiger partial charge is 0.306 e. The maximum absolute atomic E-state index is 13.3. The van der Waals surface area contributed by atoms with Crippen LogP contribution in [0.3, 0.4) is 0 Å². The maximum Gasteiger partial charge on any atom is 0.306 e. The molecular weight excluding hydrogens is 522 g/mol. The van der Waals surface area contributed by atoms with Crippen molar-refractivity contribution in [3.63, 3.8) is 0 Å².